The van der Waals surface area contributed by atoms with Crippen molar-refractivity contribution in [3.8, 4) is 10.6 Å². The summed E-state index contributed by atoms with van der Waals surface area (Å²) in [5.74, 6) is 0.628. The first-order valence-electron chi connectivity index (χ1n) is 7.61. The van der Waals surface area contributed by atoms with Crippen LogP contribution < -0.4 is 0 Å². The highest BCUT2D eigenvalue weighted by atomic mass is 32.1. The van der Waals surface area contributed by atoms with Crippen LogP contribution in [-0.2, 0) is 11.2 Å². The van der Waals surface area contributed by atoms with Crippen LogP contribution >= 0.6 is 11.3 Å². The summed E-state index contributed by atoms with van der Waals surface area (Å²) in [6.45, 7) is 5.36. The van der Waals surface area contributed by atoms with Gasteiger partial charge in [-0.3, -0.25) is 14.8 Å². The first-order valence-corrected chi connectivity index (χ1v) is 8.49. The largest absolute Gasteiger partial charge is 0.343 e. The number of thiazole rings is 1. The normalized spacial score (nSPS) is 18.5. The number of piperidine rings is 1. The van der Waals surface area contributed by atoms with Gasteiger partial charge in [-0.2, -0.15) is 0 Å². The molecule has 0 bridgehead atoms. The van der Waals surface area contributed by atoms with E-state index >= 15 is 0 Å². The van der Waals surface area contributed by atoms with Crippen molar-refractivity contribution in [1.29, 1.82) is 0 Å². The van der Waals surface area contributed by atoms with Crippen molar-refractivity contribution < 1.29 is 4.79 Å². The van der Waals surface area contributed by atoms with Crippen molar-refractivity contribution in [3.05, 3.63) is 29.3 Å². The smallest absolute Gasteiger partial charge is 0.219 e. The van der Waals surface area contributed by atoms with Crippen LogP contribution in [0.2, 0.25) is 0 Å². The summed E-state index contributed by atoms with van der Waals surface area (Å²) in [7, 11) is 0. The van der Waals surface area contributed by atoms with Crippen LogP contribution in [0, 0.1) is 12.8 Å². The molecule has 6 heteroatoms. The standard InChI is InChI=1S/C16H20N4OS/c1-11-16(22-10-19-11)15-14(17-5-6-18-15)8-13-4-3-7-20(9-13)12(2)21/h5-6,10,13H,3-4,7-9H2,1-2H3. The molecule has 3 heterocycles. The Bertz CT molecular complexity index is 670. The molecule has 2 aromatic heterocycles. The zero-order valence-corrected chi connectivity index (χ0v) is 13.8. The highest BCUT2D eigenvalue weighted by molar-refractivity contribution is 7.13. The molecule has 0 N–H and O–H groups in total. The molecule has 2 aromatic rings. The molecular formula is C16H20N4OS. The van der Waals surface area contributed by atoms with Gasteiger partial charge in [0.2, 0.25) is 5.91 Å². The van der Waals surface area contributed by atoms with E-state index in [-0.39, 0.29) is 5.91 Å². The molecule has 1 amide bonds. The number of hydrogen-bond acceptors (Lipinski definition) is 5. The minimum atomic E-state index is 0.169. The number of hydrogen-bond donors (Lipinski definition) is 0. The summed E-state index contributed by atoms with van der Waals surface area (Å²) in [6, 6.07) is 0. The number of aryl methyl sites for hydroxylation is 1. The molecule has 0 saturated carbocycles. The topological polar surface area (TPSA) is 59.0 Å². The zero-order chi connectivity index (χ0) is 15.5. The van der Waals surface area contributed by atoms with Crippen LogP contribution in [0.3, 0.4) is 0 Å². The molecule has 1 atom stereocenters. The van der Waals surface area contributed by atoms with Gasteiger partial charge < -0.3 is 4.90 Å². The second kappa shape index (κ2) is 6.52. The van der Waals surface area contributed by atoms with Crippen LogP contribution in [0.1, 0.15) is 31.2 Å². The molecule has 1 unspecified atom stereocenters. The van der Waals surface area contributed by atoms with Crippen molar-refractivity contribution in [2.24, 2.45) is 5.92 Å². The minimum Gasteiger partial charge on any atom is -0.343 e. The van der Waals surface area contributed by atoms with Gasteiger partial charge in [-0.05, 0) is 32.1 Å². The first kappa shape index (κ1) is 15.1. The third-order valence-electron chi connectivity index (χ3n) is 4.18. The Labute approximate surface area is 134 Å². The van der Waals surface area contributed by atoms with Crippen LogP contribution in [0.5, 0.6) is 0 Å². The molecular weight excluding hydrogens is 296 g/mol. The highest BCUT2D eigenvalue weighted by Gasteiger charge is 2.24. The number of carbonyl (C=O) groups excluding carboxylic acids is 1. The predicted octanol–water partition coefficient (Wildman–Crippen LogP) is 2.71. The zero-order valence-electron chi connectivity index (χ0n) is 13.0. The summed E-state index contributed by atoms with van der Waals surface area (Å²) < 4.78 is 0. The lowest BCUT2D eigenvalue weighted by molar-refractivity contribution is -0.130. The van der Waals surface area contributed by atoms with E-state index < -0.39 is 0 Å². The summed E-state index contributed by atoms with van der Waals surface area (Å²) in [5, 5.41) is 0. The second-order valence-corrected chi connectivity index (χ2v) is 6.65. The highest BCUT2D eigenvalue weighted by Crippen LogP contribution is 2.30. The lowest BCUT2D eigenvalue weighted by atomic mass is 9.92. The van der Waals surface area contributed by atoms with Gasteiger partial charge in [-0.1, -0.05) is 0 Å². The molecule has 3 rings (SSSR count). The van der Waals surface area contributed by atoms with Crippen LogP contribution in [0.25, 0.3) is 10.6 Å². The number of nitrogens with zero attached hydrogens (tertiary/aromatic N) is 4. The molecule has 1 fully saturated rings. The number of aromatic nitrogens is 3. The van der Waals surface area contributed by atoms with Gasteiger partial charge in [0.15, 0.2) is 0 Å². The Morgan fingerprint density at radius 1 is 1.36 bits per heavy atom. The average Bonchev–Trinajstić information content (AvgIpc) is 2.94. The van der Waals surface area contributed by atoms with E-state index in [0.29, 0.717) is 5.92 Å². The Balaban J connectivity index is 1.81. The Morgan fingerprint density at radius 2 is 2.18 bits per heavy atom. The van der Waals surface area contributed by atoms with E-state index in [9.17, 15) is 4.79 Å². The van der Waals surface area contributed by atoms with Crippen molar-refractivity contribution in [2.75, 3.05) is 13.1 Å². The molecule has 0 radical (unpaired) electrons. The number of rotatable bonds is 3. The fraction of sp³-hybridized carbons (Fsp3) is 0.500. The molecule has 0 spiro atoms. The molecule has 0 aromatic carbocycles. The Morgan fingerprint density at radius 3 is 2.91 bits per heavy atom. The molecule has 116 valence electrons. The van der Waals surface area contributed by atoms with Crippen molar-refractivity contribution in [1.82, 2.24) is 19.9 Å². The van der Waals surface area contributed by atoms with Crippen molar-refractivity contribution in [3.63, 3.8) is 0 Å². The summed E-state index contributed by atoms with van der Waals surface area (Å²) >= 11 is 1.61. The number of amides is 1. The number of likely N-dealkylation sites (tertiary alicyclic amines) is 1. The number of carbonyl (C=O) groups is 1. The quantitative estimate of drug-likeness (QED) is 0.873. The van der Waals surface area contributed by atoms with Gasteiger partial charge in [-0.25, -0.2) is 4.98 Å². The van der Waals surface area contributed by atoms with Gasteiger partial charge in [0.25, 0.3) is 0 Å². The van der Waals surface area contributed by atoms with Gasteiger partial charge in [0, 0.05) is 32.4 Å². The van der Waals surface area contributed by atoms with Gasteiger partial charge >= 0.3 is 0 Å². The predicted molar refractivity (Wildman–Crippen MR) is 86.6 cm³/mol. The van der Waals surface area contributed by atoms with Gasteiger partial charge in [-0.15, -0.1) is 11.3 Å². The molecule has 1 saturated heterocycles. The second-order valence-electron chi connectivity index (χ2n) is 5.80. The van der Waals surface area contributed by atoms with Crippen molar-refractivity contribution >= 4 is 17.2 Å². The van der Waals surface area contributed by atoms with E-state index in [1.54, 1.807) is 30.7 Å². The fourth-order valence-corrected chi connectivity index (χ4v) is 3.85. The van der Waals surface area contributed by atoms with E-state index in [1.165, 1.54) is 0 Å². The lowest BCUT2D eigenvalue weighted by Gasteiger charge is -2.32. The van der Waals surface area contributed by atoms with Gasteiger partial charge in [0.05, 0.1) is 21.8 Å². The van der Waals surface area contributed by atoms with E-state index in [4.69, 9.17) is 0 Å². The molecule has 1 aliphatic heterocycles. The Kier molecular flexibility index (Phi) is 4.47. The minimum absolute atomic E-state index is 0.169. The monoisotopic (exact) mass is 316 g/mol. The maximum absolute atomic E-state index is 11.6. The first-order chi connectivity index (χ1) is 10.6. The van der Waals surface area contributed by atoms with E-state index in [1.807, 2.05) is 17.3 Å². The van der Waals surface area contributed by atoms with E-state index in [2.05, 4.69) is 15.0 Å². The third-order valence-corrected chi connectivity index (χ3v) is 5.12. The fourth-order valence-electron chi connectivity index (χ4n) is 3.03. The summed E-state index contributed by atoms with van der Waals surface area (Å²) in [6.07, 6.45) is 6.56. The summed E-state index contributed by atoms with van der Waals surface area (Å²) in [5.41, 5.74) is 4.81. The summed E-state index contributed by atoms with van der Waals surface area (Å²) in [4.78, 5) is 28.0. The molecule has 22 heavy (non-hydrogen) atoms. The van der Waals surface area contributed by atoms with Crippen LogP contribution in [0.4, 0.5) is 0 Å². The van der Waals surface area contributed by atoms with E-state index in [0.717, 1.165) is 54.3 Å². The van der Waals surface area contributed by atoms with Crippen molar-refractivity contribution in [2.45, 2.75) is 33.1 Å². The molecule has 0 aliphatic carbocycles. The average molecular weight is 316 g/mol. The lowest BCUT2D eigenvalue weighted by Crippen LogP contribution is -2.39. The van der Waals surface area contributed by atoms with Crippen LogP contribution in [-0.4, -0.2) is 38.8 Å². The van der Waals surface area contributed by atoms with Crippen LogP contribution in [0.15, 0.2) is 17.9 Å². The molecule has 5 nitrogen and oxygen atoms in total. The van der Waals surface area contributed by atoms with Gasteiger partial charge in [0.1, 0.15) is 5.69 Å². The maximum atomic E-state index is 11.6. The maximum Gasteiger partial charge on any atom is 0.219 e. The molecule has 1 aliphatic rings. The Hall–Kier alpha value is -1.82. The third kappa shape index (κ3) is 3.16. The SMILES string of the molecule is CC(=O)N1CCCC(Cc2nccnc2-c2scnc2C)C1.